The lowest BCUT2D eigenvalue weighted by Crippen LogP contribution is -2.48. The minimum atomic E-state index is -3.49. The number of anilines is 1. The number of fused-ring (bicyclic) bond motifs is 1. The quantitative estimate of drug-likeness (QED) is 0.673. The summed E-state index contributed by atoms with van der Waals surface area (Å²) < 4.78 is 28.0. The number of aryl methyl sites for hydroxylation is 3. The number of nitrogens with zero attached hydrogens (tertiary/aromatic N) is 4. The molecule has 8 heteroatoms. The van der Waals surface area contributed by atoms with Crippen LogP contribution in [0.5, 0.6) is 0 Å². The minimum Gasteiger partial charge on any atom is -0.345 e. The summed E-state index contributed by atoms with van der Waals surface area (Å²) in [5.74, 6) is 0. The second-order valence-corrected chi connectivity index (χ2v) is 9.77. The van der Waals surface area contributed by atoms with Crippen LogP contribution in [0.2, 0.25) is 0 Å². The van der Waals surface area contributed by atoms with Crippen LogP contribution in [0.15, 0.2) is 35.4 Å². The van der Waals surface area contributed by atoms with Crippen molar-refractivity contribution in [3.63, 3.8) is 0 Å². The third kappa shape index (κ3) is 3.33. The van der Waals surface area contributed by atoms with E-state index < -0.39 is 10.0 Å². The summed E-state index contributed by atoms with van der Waals surface area (Å²) in [6.07, 6.45) is 1.76. The molecule has 0 amide bonds. The van der Waals surface area contributed by atoms with Crippen LogP contribution in [0.1, 0.15) is 16.7 Å². The molecule has 0 aliphatic carbocycles. The van der Waals surface area contributed by atoms with Crippen LogP contribution < -0.4 is 4.90 Å². The summed E-state index contributed by atoms with van der Waals surface area (Å²) in [6, 6.07) is 7.70. The number of benzene rings is 1. The molecular formula is C19H22N4O2S2. The molecule has 0 spiro atoms. The molecule has 0 N–H and O–H groups in total. The van der Waals surface area contributed by atoms with Crippen molar-refractivity contribution < 1.29 is 8.42 Å². The standard InChI is InChI=1S/C19H22N4O2S2/c1-13-11-14(2)17(15(3)12-13)27(24,25)23-9-7-22(8-10-23)19-21-16-5-4-6-20-18(16)26-19/h4-6,11-12H,7-10H2,1-3H3. The van der Waals surface area contributed by atoms with Crippen LogP contribution in [-0.4, -0.2) is 48.9 Å². The predicted molar refractivity (Wildman–Crippen MR) is 109 cm³/mol. The van der Waals surface area contributed by atoms with Gasteiger partial charge in [-0.05, 0) is 44.0 Å². The molecule has 4 rings (SSSR count). The number of hydrogen-bond donors (Lipinski definition) is 0. The first-order chi connectivity index (χ1) is 12.9. The third-order valence-corrected chi connectivity index (χ3v) is 8.11. The van der Waals surface area contributed by atoms with Gasteiger partial charge in [0.2, 0.25) is 10.0 Å². The second-order valence-electron chi connectivity index (χ2n) is 6.94. The van der Waals surface area contributed by atoms with Gasteiger partial charge in [0.25, 0.3) is 0 Å². The van der Waals surface area contributed by atoms with Gasteiger partial charge in [0.1, 0.15) is 10.3 Å². The van der Waals surface area contributed by atoms with Crippen molar-refractivity contribution in [2.45, 2.75) is 25.7 Å². The molecule has 1 aliphatic rings. The Kier molecular flexibility index (Phi) is 4.65. The van der Waals surface area contributed by atoms with E-state index in [1.54, 1.807) is 21.8 Å². The molecule has 3 aromatic rings. The summed E-state index contributed by atoms with van der Waals surface area (Å²) in [5.41, 5.74) is 3.59. The van der Waals surface area contributed by atoms with Gasteiger partial charge in [-0.15, -0.1) is 0 Å². The van der Waals surface area contributed by atoms with Crippen molar-refractivity contribution in [1.29, 1.82) is 0 Å². The number of pyridine rings is 1. The van der Waals surface area contributed by atoms with Crippen LogP contribution in [0.3, 0.4) is 0 Å². The Morgan fingerprint density at radius 2 is 1.70 bits per heavy atom. The van der Waals surface area contributed by atoms with E-state index in [1.807, 2.05) is 45.0 Å². The first kappa shape index (κ1) is 18.3. The van der Waals surface area contributed by atoms with Crippen LogP contribution in [0, 0.1) is 20.8 Å². The summed E-state index contributed by atoms with van der Waals surface area (Å²) in [4.78, 5) is 12.5. The maximum Gasteiger partial charge on any atom is 0.243 e. The fourth-order valence-corrected chi connectivity index (χ4v) is 6.51. The Bertz CT molecular complexity index is 1040. The lowest BCUT2D eigenvalue weighted by molar-refractivity contribution is 0.384. The maximum atomic E-state index is 13.2. The van der Waals surface area contributed by atoms with E-state index in [9.17, 15) is 8.42 Å². The fourth-order valence-electron chi connectivity index (χ4n) is 3.72. The third-order valence-electron chi connectivity index (χ3n) is 4.87. The summed E-state index contributed by atoms with van der Waals surface area (Å²) in [7, 11) is -3.49. The first-order valence-electron chi connectivity index (χ1n) is 8.91. The number of sulfonamides is 1. The van der Waals surface area contributed by atoms with Crippen molar-refractivity contribution in [2.24, 2.45) is 0 Å². The van der Waals surface area contributed by atoms with E-state index in [-0.39, 0.29) is 0 Å². The van der Waals surface area contributed by atoms with Gasteiger partial charge in [-0.2, -0.15) is 4.31 Å². The van der Waals surface area contributed by atoms with Crippen molar-refractivity contribution in [2.75, 3.05) is 31.1 Å². The topological polar surface area (TPSA) is 66.4 Å². The zero-order valence-electron chi connectivity index (χ0n) is 15.6. The van der Waals surface area contributed by atoms with Gasteiger partial charge in [-0.3, -0.25) is 0 Å². The number of aromatic nitrogens is 2. The van der Waals surface area contributed by atoms with Crippen molar-refractivity contribution >= 4 is 36.8 Å². The fraction of sp³-hybridized carbons (Fsp3) is 0.368. The van der Waals surface area contributed by atoms with Gasteiger partial charge in [0, 0.05) is 32.4 Å². The molecular weight excluding hydrogens is 380 g/mol. The molecule has 1 saturated heterocycles. The molecule has 1 aromatic carbocycles. The van der Waals surface area contributed by atoms with Crippen LogP contribution >= 0.6 is 11.3 Å². The molecule has 1 aliphatic heterocycles. The molecule has 0 bridgehead atoms. The minimum absolute atomic E-state index is 0.450. The van der Waals surface area contributed by atoms with E-state index in [0.29, 0.717) is 31.1 Å². The molecule has 0 unspecified atom stereocenters. The van der Waals surface area contributed by atoms with Crippen LogP contribution in [0.25, 0.3) is 10.3 Å². The molecule has 27 heavy (non-hydrogen) atoms. The average Bonchev–Trinajstić information content (AvgIpc) is 3.05. The molecule has 1 fully saturated rings. The number of hydrogen-bond acceptors (Lipinski definition) is 6. The zero-order chi connectivity index (χ0) is 19.2. The summed E-state index contributed by atoms with van der Waals surface area (Å²) in [6.45, 7) is 7.90. The van der Waals surface area contributed by atoms with E-state index in [1.165, 1.54) is 0 Å². The Hall–Kier alpha value is -2.03. The maximum absolute atomic E-state index is 13.2. The molecule has 0 atom stereocenters. The van der Waals surface area contributed by atoms with E-state index in [2.05, 4.69) is 14.9 Å². The SMILES string of the molecule is Cc1cc(C)c(S(=O)(=O)N2CCN(c3nc4cccnc4s3)CC2)c(C)c1. The monoisotopic (exact) mass is 402 g/mol. The molecule has 6 nitrogen and oxygen atoms in total. The number of rotatable bonds is 3. The normalized spacial score (nSPS) is 16.2. The predicted octanol–water partition coefficient (Wildman–Crippen LogP) is 3.13. The molecule has 2 aromatic heterocycles. The van der Waals surface area contributed by atoms with Crippen molar-refractivity contribution in [1.82, 2.24) is 14.3 Å². The van der Waals surface area contributed by atoms with Gasteiger partial charge in [-0.25, -0.2) is 18.4 Å². The Morgan fingerprint density at radius 1 is 1.04 bits per heavy atom. The lowest BCUT2D eigenvalue weighted by atomic mass is 10.1. The van der Waals surface area contributed by atoms with Crippen molar-refractivity contribution in [3.8, 4) is 0 Å². The summed E-state index contributed by atoms with van der Waals surface area (Å²) in [5, 5.41) is 0.906. The zero-order valence-corrected chi connectivity index (χ0v) is 17.3. The summed E-state index contributed by atoms with van der Waals surface area (Å²) >= 11 is 1.55. The second kappa shape index (κ2) is 6.85. The Morgan fingerprint density at radius 3 is 2.33 bits per heavy atom. The van der Waals surface area contributed by atoms with Gasteiger partial charge < -0.3 is 4.90 Å². The van der Waals surface area contributed by atoms with Gasteiger partial charge >= 0.3 is 0 Å². The average molecular weight is 403 g/mol. The van der Waals surface area contributed by atoms with Crippen molar-refractivity contribution in [3.05, 3.63) is 47.2 Å². The van der Waals surface area contributed by atoms with Gasteiger partial charge in [0.15, 0.2) is 5.13 Å². The lowest BCUT2D eigenvalue weighted by Gasteiger charge is -2.34. The largest absolute Gasteiger partial charge is 0.345 e. The highest BCUT2D eigenvalue weighted by Crippen LogP contribution is 2.30. The highest BCUT2D eigenvalue weighted by atomic mass is 32.2. The molecule has 0 saturated carbocycles. The van der Waals surface area contributed by atoms with Gasteiger partial charge in [0.05, 0.1) is 4.90 Å². The molecule has 0 radical (unpaired) electrons. The molecule has 142 valence electrons. The number of piperazine rings is 1. The van der Waals surface area contributed by atoms with Crippen LogP contribution in [-0.2, 0) is 10.0 Å². The Labute approximate surface area is 163 Å². The van der Waals surface area contributed by atoms with Crippen LogP contribution in [0.4, 0.5) is 5.13 Å². The smallest absolute Gasteiger partial charge is 0.243 e. The van der Waals surface area contributed by atoms with E-state index in [0.717, 1.165) is 32.2 Å². The number of thiazole rings is 1. The Balaban J connectivity index is 1.55. The van der Waals surface area contributed by atoms with E-state index >= 15 is 0 Å². The highest BCUT2D eigenvalue weighted by Gasteiger charge is 2.31. The van der Waals surface area contributed by atoms with E-state index in [4.69, 9.17) is 0 Å². The first-order valence-corrected chi connectivity index (χ1v) is 11.2. The van der Waals surface area contributed by atoms with Gasteiger partial charge in [-0.1, -0.05) is 29.0 Å². The highest BCUT2D eigenvalue weighted by molar-refractivity contribution is 7.89. The molecule has 3 heterocycles.